The maximum atomic E-state index is 4.41. The number of rotatable bonds is 1. The molecule has 1 rings (SSSR count). The lowest BCUT2D eigenvalue weighted by atomic mass is 9.88. The predicted octanol–water partition coefficient (Wildman–Crippen LogP) is 2.51. The van der Waals surface area contributed by atoms with Crippen LogP contribution in [0, 0.1) is 6.92 Å². The van der Waals surface area contributed by atoms with Crippen molar-refractivity contribution in [3.8, 4) is 0 Å². The topological polar surface area (TPSA) is 17.8 Å². The first kappa shape index (κ1) is 9.30. The van der Waals surface area contributed by atoms with Gasteiger partial charge in [0.25, 0.3) is 0 Å². The molecule has 2 nitrogen and oxygen atoms in total. The van der Waals surface area contributed by atoms with E-state index < -0.39 is 0 Å². The van der Waals surface area contributed by atoms with Gasteiger partial charge in [-0.25, -0.2) is 0 Å². The molecule has 1 aromatic heterocycles. The molecule has 2 heteroatoms. The summed E-state index contributed by atoms with van der Waals surface area (Å²) in [5.41, 5.74) is 2.73. The number of nitrogens with zero attached hydrogens (tertiary/aromatic N) is 2. The normalized spacial score (nSPS) is 12.1. The van der Waals surface area contributed by atoms with E-state index in [0.717, 1.165) is 12.2 Å². The number of hydrogen-bond donors (Lipinski definition) is 0. The summed E-state index contributed by atoms with van der Waals surface area (Å²) in [5.74, 6) is 0. The van der Waals surface area contributed by atoms with Crippen LogP contribution in [-0.4, -0.2) is 9.78 Å². The molecule has 0 aromatic carbocycles. The molecule has 0 saturated carbocycles. The Morgan fingerprint density at radius 1 is 1.42 bits per heavy atom. The number of hydrogen-bond acceptors (Lipinski definition) is 1. The van der Waals surface area contributed by atoms with E-state index in [1.807, 2.05) is 4.68 Å². The van der Waals surface area contributed by atoms with Gasteiger partial charge < -0.3 is 0 Å². The second-order valence-corrected chi connectivity index (χ2v) is 4.23. The Bertz CT molecular complexity index is 266. The summed E-state index contributed by atoms with van der Waals surface area (Å²) in [6.45, 7) is 11.8. The zero-order chi connectivity index (χ0) is 9.35. The maximum Gasteiger partial charge on any atom is 0.0631 e. The Hall–Kier alpha value is -0.790. The van der Waals surface area contributed by atoms with Gasteiger partial charge in [-0.2, -0.15) is 5.10 Å². The van der Waals surface area contributed by atoms with Gasteiger partial charge in [-0.3, -0.25) is 4.68 Å². The fourth-order valence-corrected chi connectivity index (χ4v) is 1.42. The van der Waals surface area contributed by atoms with Crippen LogP contribution in [0.2, 0.25) is 0 Å². The summed E-state index contributed by atoms with van der Waals surface area (Å²) in [5, 5.41) is 4.41. The van der Waals surface area contributed by atoms with Crippen molar-refractivity contribution in [3.63, 3.8) is 0 Å². The van der Waals surface area contributed by atoms with Crippen LogP contribution < -0.4 is 0 Å². The van der Waals surface area contributed by atoms with Crippen molar-refractivity contribution in [2.24, 2.45) is 0 Å². The minimum absolute atomic E-state index is 0.220. The maximum absolute atomic E-state index is 4.41. The molecule has 0 aliphatic rings. The molecule has 0 fully saturated rings. The van der Waals surface area contributed by atoms with E-state index in [1.54, 1.807) is 0 Å². The molecule has 1 heterocycles. The largest absolute Gasteiger partial charge is 0.272 e. The Kier molecular flexibility index (Phi) is 2.27. The van der Waals surface area contributed by atoms with Gasteiger partial charge in [-0.15, -0.1) is 0 Å². The van der Waals surface area contributed by atoms with Gasteiger partial charge in [0.1, 0.15) is 0 Å². The number of aromatic nitrogens is 2. The van der Waals surface area contributed by atoms with Gasteiger partial charge in [0.05, 0.1) is 5.69 Å². The SMILES string of the molecule is CCn1cc(C(C)(C)C)c(C)n1. The lowest BCUT2D eigenvalue weighted by Gasteiger charge is -2.16. The fraction of sp³-hybridized carbons (Fsp3) is 0.700. The molecule has 0 spiro atoms. The molecule has 0 atom stereocenters. The summed E-state index contributed by atoms with van der Waals surface area (Å²) >= 11 is 0. The molecule has 0 N–H and O–H groups in total. The third-order valence-electron chi connectivity index (χ3n) is 2.08. The van der Waals surface area contributed by atoms with Crippen molar-refractivity contribution in [1.29, 1.82) is 0 Å². The lowest BCUT2D eigenvalue weighted by Crippen LogP contribution is -2.11. The fourth-order valence-electron chi connectivity index (χ4n) is 1.42. The van der Waals surface area contributed by atoms with Gasteiger partial charge in [0, 0.05) is 12.7 Å². The zero-order valence-corrected chi connectivity index (χ0v) is 8.68. The van der Waals surface area contributed by atoms with Crippen molar-refractivity contribution in [2.45, 2.75) is 46.6 Å². The first-order valence-corrected chi connectivity index (χ1v) is 4.49. The lowest BCUT2D eigenvalue weighted by molar-refractivity contribution is 0.584. The minimum atomic E-state index is 0.220. The predicted molar refractivity (Wildman–Crippen MR) is 51.3 cm³/mol. The second kappa shape index (κ2) is 2.92. The van der Waals surface area contributed by atoms with Crippen LogP contribution in [0.5, 0.6) is 0 Å². The summed E-state index contributed by atoms with van der Waals surface area (Å²) < 4.78 is 2.00. The summed E-state index contributed by atoms with van der Waals surface area (Å²) in [6.07, 6.45) is 2.15. The Morgan fingerprint density at radius 3 is 2.25 bits per heavy atom. The molecule has 0 aliphatic carbocycles. The third kappa shape index (κ3) is 1.68. The minimum Gasteiger partial charge on any atom is -0.272 e. The molecule has 0 unspecified atom stereocenters. The van der Waals surface area contributed by atoms with E-state index >= 15 is 0 Å². The van der Waals surface area contributed by atoms with Crippen molar-refractivity contribution in [1.82, 2.24) is 9.78 Å². The van der Waals surface area contributed by atoms with Gasteiger partial charge >= 0.3 is 0 Å². The van der Waals surface area contributed by atoms with Gasteiger partial charge in [0.15, 0.2) is 0 Å². The van der Waals surface area contributed by atoms with Gasteiger partial charge in [0.2, 0.25) is 0 Å². The van der Waals surface area contributed by atoms with Crippen LogP contribution in [0.4, 0.5) is 0 Å². The summed E-state index contributed by atoms with van der Waals surface area (Å²) in [6, 6.07) is 0. The van der Waals surface area contributed by atoms with E-state index in [1.165, 1.54) is 5.56 Å². The Labute approximate surface area is 74.6 Å². The van der Waals surface area contributed by atoms with Crippen molar-refractivity contribution >= 4 is 0 Å². The van der Waals surface area contributed by atoms with Crippen LogP contribution >= 0.6 is 0 Å². The summed E-state index contributed by atoms with van der Waals surface area (Å²) in [4.78, 5) is 0. The van der Waals surface area contributed by atoms with Crippen LogP contribution in [0.1, 0.15) is 39.0 Å². The molecule has 1 aromatic rings. The summed E-state index contributed by atoms with van der Waals surface area (Å²) in [7, 11) is 0. The molecular formula is C10H18N2. The van der Waals surface area contributed by atoms with Crippen molar-refractivity contribution in [2.75, 3.05) is 0 Å². The Balaban J connectivity index is 3.08. The molecule has 0 radical (unpaired) electrons. The Morgan fingerprint density at radius 2 is 2.00 bits per heavy atom. The van der Waals surface area contributed by atoms with E-state index in [2.05, 4.69) is 45.9 Å². The highest BCUT2D eigenvalue weighted by atomic mass is 15.3. The highest BCUT2D eigenvalue weighted by molar-refractivity contribution is 5.23. The molecule has 0 saturated heterocycles. The molecule has 0 amide bonds. The first-order chi connectivity index (χ1) is 5.45. The van der Waals surface area contributed by atoms with E-state index in [4.69, 9.17) is 0 Å². The first-order valence-electron chi connectivity index (χ1n) is 4.49. The molecule has 0 bridgehead atoms. The molecular weight excluding hydrogens is 148 g/mol. The average molecular weight is 166 g/mol. The third-order valence-corrected chi connectivity index (χ3v) is 2.08. The molecule has 0 aliphatic heterocycles. The van der Waals surface area contributed by atoms with Crippen LogP contribution in [-0.2, 0) is 12.0 Å². The van der Waals surface area contributed by atoms with E-state index in [-0.39, 0.29) is 5.41 Å². The monoisotopic (exact) mass is 166 g/mol. The second-order valence-electron chi connectivity index (χ2n) is 4.23. The van der Waals surface area contributed by atoms with Crippen molar-refractivity contribution < 1.29 is 0 Å². The standard InChI is InChI=1S/C10H18N2/c1-6-12-7-9(8(2)11-12)10(3,4)5/h7H,6H2,1-5H3. The number of aryl methyl sites for hydroxylation is 2. The van der Waals surface area contributed by atoms with Gasteiger partial charge in [-0.1, -0.05) is 20.8 Å². The zero-order valence-electron chi connectivity index (χ0n) is 8.68. The van der Waals surface area contributed by atoms with E-state index in [0.29, 0.717) is 0 Å². The smallest absolute Gasteiger partial charge is 0.0631 e. The van der Waals surface area contributed by atoms with Crippen molar-refractivity contribution in [3.05, 3.63) is 17.5 Å². The highest BCUT2D eigenvalue weighted by Gasteiger charge is 2.18. The van der Waals surface area contributed by atoms with E-state index in [9.17, 15) is 0 Å². The molecule has 68 valence electrons. The van der Waals surface area contributed by atoms with Crippen LogP contribution in [0.3, 0.4) is 0 Å². The molecule has 12 heavy (non-hydrogen) atoms. The van der Waals surface area contributed by atoms with Crippen LogP contribution in [0.15, 0.2) is 6.20 Å². The van der Waals surface area contributed by atoms with Crippen LogP contribution in [0.25, 0.3) is 0 Å². The average Bonchev–Trinajstić information content (AvgIpc) is 2.29. The quantitative estimate of drug-likeness (QED) is 0.626. The van der Waals surface area contributed by atoms with Gasteiger partial charge in [-0.05, 0) is 24.8 Å². The highest BCUT2D eigenvalue weighted by Crippen LogP contribution is 2.24.